The highest BCUT2D eigenvalue weighted by atomic mass is 16.5. The summed E-state index contributed by atoms with van der Waals surface area (Å²) in [6.45, 7) is 2.80. The fraction of sp³-hybridized carbons (Fsp3) is 0.323. The van der Waals surface area contributed by atoms with Crippen molar-refractivity contribution in [3.8, 4) is 29.1 Å². The van der Waals surface area contributed by atoms with Crippen molar-refractivity contribution in [2.75, 3.05) is 13.7 Å². The van der Waals surface area contributed by atoms with Crippen LogP contribution in [0.1, 0.15) is 78.1 Å². The molecule has 0 amide bonds. The number of methoxy groups -OCH3 is 1. The molecule has 0 bridgehead atoms. The molecule has 0 saturated carbocycles. The van der Waals surface area contributed by atoms with Gasteiger partial charge in [-0.2, -0.15) is 5.26 Å². The molecule has 0 aliphatic rings. The van der Waals surface area contributed by atoms with Crippen LogP contribution in [-0.2, 0) is 0 Å². The number of carbonyl (C=O) groups excluding carboxylic acids is 2. The zero-order valence-corrected chi connectivity index (χ0v) is 21.9. The topological polar surface area (TPSA) is 94.9 Å². The summed E-state index contributed by atoms with van der Waals surface area (Å²) in [5.41, 5.74) is 1.08. The standard InChI is InChI=1S/C31H33NO6/c1-3-4-5-6-7-8-9-20-36-28-19-14-25(21-29(28)35-2)31(34)38-27-17-12-24(13-18-27)30(33)37-26-15-10-23(22-32)11-16-26/h10-19,21H,3-9,20H2,1-2H3. The lowest BCUT2D eigenvalue weighted by Gasteiger charge is -2.12. The number of rotatable bonds is 14. The van der Waals surface area contributed by atoms with Crippen molar-refractivity contribution in [3.63, 3.8) is 0 Å². The second kappa shape index (κ2) is 15.1. The van der Waals surface area contributed by atoms with Crippen LogP contribution in [0.25, 0.3) is 0 Å². The summed E-state index contributed by atoms with van der Waals surface area (Å²) in [7, 11) is 1.53. The minimum Gasteiger partial charge on any atom is -0.493 e. The molecule has 3 aromatic carbocycles. The average Bonchev–Trinajstić information content (AvgIpc) is 2.95. The van der Waals surface area contributed by atoms with E-state index < -0.39 is 11.9 Å². The second-order valence-corrected chi connectivity index (χ2v) is 8.78. The predicted molar refractivity (Wildman–Crippen MR) is 144 cm³/mol. The molecule has 0 aliphatic carbocycles. The smallest absolute Gasteiger partial charge is 0.343 e. The molecule has 0 fully saturated rings. The van der Waals surface area contributed by atoms with Crippen LogP contribution in [0.5, 0.6) is 23.0 Å². The minimum absolute atomic E-state index is 0.281. The number of ether oxygens (including phenoxy) is 4. The van der Waals surface area contributed by atoms with Gasteiger partial charge in [0.05, 0.1) is 36.5 Å². The summed E-state index contributed by atoms with van der Waals surface area (Å²) < 4.78 is 22.0. The largest absolute Gasteiger partial charge is 0.493 e. The number of hydrogen-bond acceptors (Lipinski definition) is 7. The molecular weight excluding hydrogens is 482 g/mol. The predicted octanol–water partition coefficient (Wildman–Crippen LogP) is 7.13. The zero-order chi connectivity index (χ0) is 27.2. The van der Waals surface area contributed by atoms with E-state index in [0.29, 0.717) is 40.5 Å². The number of nitriles is 1. The van der Waals surface area contributed by atoms with E-state index in [-0.39, 0.29) is 5.75 Å². The molecule has 0 unspecified atom stereocenters. The first-order valence-corrected chi connectivity index (χ1v) is 12.9. The SMILES string of the molecule is CCCCCCCCCOc1ccc(C(=O)Oc2ccc(C(=O)Oc3ccc(C#N)cc3)cc2)cc1OC. The van der Waals surface area contributed by atoms with Gasteiger partial charge >= 0.3 is 11.9 Å². The summed E-state index contributed by atoms with van der Waals surface area (Å²) in [4.78, 5) is 25.0. The first-order chi connectivity index (χ1) is 18.5. The van der Waals surface area contributed by atoms with Crippen LogP contribution in [0.4, 0.5) is 0 Å². The van der Waals surface area contributed by atoms with Crippen molar-refractivity contribution in [2.45, 2.75) is 51.9 Å². The molecule has 0 aliphatic heterocycles. The Balaban J connectivity index is 1.50. The van der Waals surface area contributed by atoms with E-state index >= 15 is 0 Å². The van der Waals surface area contributed by atoms with Gasteiger partial charge in [-0.25, -0.2) is 9.59 Å². The maximum absolute atomic E-state index is 12.7. The molecule has 0 radical (unpaired) electrons. The van der Waals surface area contributed by atoms with Crippen LogP contribution < -0.4 is 18.9 Å². The van der Waals surface area contributed by atoms with Crippen molar-refractivity contribution in [2.24, 2.45) is 0 Å². The molecule has 0 heterocycles. The Bertz CT molecular complexity index is 1230. The Morgan fingerprint density at radius 1 is 0.711 bits per heavy atom. The van der Waals surface area contributed by atoms with E-state index in [1.54, 1.807) is 42.5 Å². The van der Waals surface area contributed by atoms with Gasteiger partial charge in [-0.15, -0.1) is 0 Å². The second-order valence-electron chi connectivity index (χ2n) is 8.78. The summed E-state index contributed by atoms with van der Waals surface area (Å²) in [6, 6.07) is 19.2. The zero-order valence-electron chi connectivity index (χ0n) is 21.9. The normalized spacial score (nSPS) is 10.3. The molecule has 0 aromatic heterocycles. The Labute approximate surface area is 223 Å². The van der Waals surface area contributed by atoms with Gasteiger partial charge in [0.15, 0.2) is 11.5 Å². The highest BCUT2D eigenvalue weighted by Gasteiger charge is 2.15. The number of carbonyl (C=O) groups is 2. The first kappa shape index (κ1) is 28.3. The summed E-state index contributed by atoms with van der Waals surface area (Å²) in [5, 5.41) is 8.86. The molecule has 0 spiro atoms. The van der Waals surface area contributed by atoms with Gasteiger partial charge < -0.3 is 18.9 Å². The molecule has 38 heavy (non-hydrogen) atoms. The number of hydrogen-bond donors (Lipinski definition) is 0. The van der Waals surface area contributed by atoms with Gasteiger partial charge in [-0.05, 0) is 73.2 Å². The number of esters is 2. The summed E-state index contributed by atoms with van der Waals surface area (Å²) in [5.74, 6) is 0.527. The quantitative estimate of drug-likeness (QED) is 0.128. The lowest BCUT2D eigenvalue weighted by Crippen LogP contribution is -2.10. The lowest BCUT2D eigenvalue weighted by atomic mass is 10.1. The van der Waals surface area contributed by atoms with Crippen LogP contribution in [0.3, 0.4) is 0 Å². The van der Waals surface area contributed by atoms with Crippen LogP contribution in [-0.4, -0.2) is 25.7 Å². The number of benzene rings is 3. The molecule has 198 valence electrons. The van der Waals surface area contributed by atoms with E-state index in [1.165, 1.54) is 63.5 Å². The van der Waals surface area contributed by atoms with Crippen molar-refractivity contribution in [3.05, 3.63) is 83.4 Å². The van der Waals surface area contributed by atoms with Crippen LogP contribution in [0.15, 0.2) is 66.7 Å². The Hall–Kier alpha value is -4.31. The van der Waals surface area contributed by atoms with Gasteiger partial charge in [0.25, 0.3) is 0 Å². The Kier molecular flexibility index (Phi) is 11.2. The van der Waals surface area contributed by atoms with Crippen molar-refractivity contribution in [1.82, 2.24) is 0 Å². The van der Waals surface area contributed by atoms with E-state index in [0.717, 1.165) is 12.8 Å². The maximum atomic E-state index is 12.7. The van der Waals surface area contributed by atoms with Gasteiger partial charge in [0.2, 0.25) is 0 Å². The van der Waals surface area contributed by atoms with Gasteiger partial charge in [-0.3, -0.25) is 0 Å². The summed E-state index contributed by atoms with van der Waals surface area (Å²) >= 11 is 0. The third kappa shape index (κ3) is 8.67. The fourth-order valence-corrected chi connectivity index (χ4v) is 3.74. The van der Waals surface area contributed by atoms with E-state index in [9.17, 15) is 9.59 Å². The Morgan fingerprint density at radius 3 is 1.87 bits per heavy atom. The van der Waals surface area contributed by atoms with Gasteiger partial charge in [0.1, 0.15) is 11.5 Å². The molecule has 7 heteroatoms. The molecule has 3 aromatic rings. The van der Waals surface area contributed by atoms with Crippen molar-refractivity contribution < 1.29 is 28.5 Å². The first-order valence-electron chi connectivity index (χ1n) is 12.9. The van der Waals surface area contributed by atoms with Crippen LogP contribution in [0.2, 0.25) is 0 Å². The van der Waals surface area contributed by atoms with Gasteiger partial charge in [0, 0.05) is 0 Å². The molecule has 0 N–H and O–H groups in total. The Morgan fingerprint density at radius 2 is 1.26 bits per heavy atom. The van der Waals surface area contributed by atoms with E-state index in [1.807, 2.05) is 6.07 Å². The fourth-order valence-electron chi connectivity index (χ4n) is 3.74. The summed E-state index contributed by atoms with van der Waals surface area (Å²) in [6.07, 6.45) is 8.41. The lowest BCUT2D eigenvalue weighted by molar-refractivity contribution is 0.0730. The monoisotopic (exact) mass is 515 g/mol. The van der Waals surface area contributed by atoms with E-state index in [2.05, 4.69) is 6.92 Å². The highest BCUT2D eigenvalue weighted by molar-refractivity contribution is 5.93. The third-order valence-electron chi connectivity index (χ3n) is 5.90. The molecule has 7 nitrogen and oxygen atoms in total. The third-order valence-corrected chi connectivity index (χ3v) is 5.90. The van der Waals surface area contributed by atoms with Crippen molar-refractivity contribution >= 4 is 11.9 Å². The van der Waals surface area contributed by atoms with Crippen LogP contribution >= 0.6 is 0 Å². The molecule has 3 rings (SSSR count). The van der Waals surface area contributed by atoms with Gasteiger partial charge in [-0.1, -0.05) is 45.4 Å². The molecular formula is C31H33NO6. The number of unbranched alkanes of at least 4 members (excludes halogenated alkanes) is 6. The minimum atomic E-state index is -0.565. The average molecular weight is 516 g/mol. The van der Waals surface area contributed by atoms with Crippen molar-refractivity contribution in [1.29, 1.82) is 5.26 Å². The molecule has 0 saturated heterocycles. The molecule has 0 atom stereocenters. The maximum Gasteiger partial charge on any atom is 0.343 e. The number of nitrogens with zero attached hydrogens (tertiary/aromatic N) is 1. The van der Waals surface area contributed by atoms with Crippen LogP contribution in [0, 0.1) is 11.3 Å². The van der Waals surface area contributed by atoms with E-state index in [4.69, 9.17) is 24.2 Å². The highest BCUT2D eigenvalue weighted by Crippen LogP contribution is 2.29.